The Bertz CT molecular complexity index is 136. The quantitative estimate of drug-likeness (QED) is 0.620. The van der Waals surface area contributed by atoms with Crippen molar-refractivity contribution in [2.24, 2.45) is 0 Å². The number of unbranched alkanes of at least 4 members (excludes halogenated alkanes) is 1. The van der Waals surface area contributed by atoms with E-state index in [0.717, 1.165) is 19.7 Å². The lowest BCUT2D eigenvalue weighted by molar-refractivity contribution is 0.198. The van der Waals surface area contributed by atoms with E-state index >= 15 is 0 Å². The summed E-state index contributed by atoms with van der Waals surface area (Å²) in [5.74, 6) is 0. The van der Waals surface area contributed by atoms with Crippen LogP contribution >= 0.6 is 0 Å². The highest BCUT2D eigenvalue weighted by molar-refractivity contribution is 4.64. The molecule has 0 atom stereocenters. The number of ether oxygens (including phenoxy) is 1. The zero-order valence-corrected chi connectivity index (χ0v) is 10.1. The summed E-state index contributed by atoms with van der Waals surface area (Å²) in [6, 6.07) is 0. The molecular weight excluding hydrogens is 188 g/mol. The molecule has 0 aromatic heterocycles. The maximum Gasteiger partial charge on any atom is 0.0587 e. The number of likely N-dealkylation sites (tertiary alicyclic amines) is 1. The van der Waals surface area contributed by atoms with Crippen molar-refractivity contribution in [3.05, 3.63) is 0 Å². The van der Waals surface area contributed by atoms with E-state index in [1.54, 1.807) is 7.11 Å². The van der Waals surface area contributed by atoms with Crippen molar-refractivity contribution in [1.29, 1.82) is 0 Å². The normalized spacial score (nSPS) is 18.2. The van der Waals surface area contributed by atoms with Crippen LogP contribution < -0.4 is 5.32 Å². The van der Waals surface area contributed by atoms with Gasteiger partial charge in [0, 0.05) is 13.7 Å². The topological polar surface area (TPSA) is 24.5 Å². The molecule has 0 aromatic carbocycles. The van der Waals surface area contributed by atoms with E-state index in [2.05, 4.69) is 10.2 Å². The lowest BCUT2D eigenvalue weighted by Gasteiger charge is -2.26. The minimum Gasteiger partial charge on any atom is -0.383 e. The highest BCUT2D eigenvalue weighted by Crippen LogP contribution is 2.08. The van der Waals surface area contributed by atoms with Crippen LogP contribution in [0.2, 0.25) is 0 Å². The molecule has 1 aliphatic rings. The van der Waals surface area contributed by atoms with Gasteiger partial charge in [-0.05, 0) is 51.9 Å². The lowest BCUT2D eigenvalue weighted by Crippen LogP contribution is -2.31. The van der Waals surface area contributed by atoms with Gasteiger partial charge in [-0.2, -0.15) is 0 Å². The third-order valence-electron chi connectivity index (χ3n) is 3.01. The molecule has 15 heavy (non-hydrogen) atoms. The van der Waals surface area contributed by atoms with Gasteiger partial charge >= 0.3 is 0 Å². The number of methoxy groups -OCH3 is 1. The molecule has 0 spiro atoms. The van der Waals surface area contributed by atoms with Crippen LogP contribution in [-0.2, 0) is 4.74 Å². The molecule has 3 nitrogen and oxygen atoms in total. The molecule has 0 unspecified atom stereocenters. The first-order chi connectivity index (χ1) is 7.43. The van der Waals surface area contributed by atoms with Crippen LogP contribution in [-0.4, -0.2) is 51.3 Å². The largest absolute Gasteiger partial charge is 0.383 e. The van der Waals surface area contributed by atoms with E-state index in [4.69, 9.17) is 4.74 Å². The molecule has 1 rings (SSSR count). The van der Waals surface area contributed by atoms with Crippen molar-refractivity contribution in [3.63, 3.8) is 0 Å². The molecule has 0 amide bonds. The molecule has 3 heteroatoms. The maximum atomic E-state index is 4.97. The Balaban J connectivity index is 1.79. The van der Waals surface area contributed by atoms with Gasteiger partial charge in [-0.1, -0.05) is 6.42 Å². The van der Waals surface area contributed by atoms with Crippen LogP contribution in [0.15, 0.2) is 0 Å². The van der Waals surface area contributed by atoms with Crippen molar-refractivity contribution in [2.45, 2.75) is 32.1 Å². The van der Waals surface area contributed by atoms with Gasteiger partial charge in [-0.25, -0.2) is 0 Å². The minimum absolute atomic E-state index is 0.826. The first kappa shape index (κ1) is 12.9. The Morgan fingerprint density at radius 2 is 1.87 bits per heavy atom. The van der Waals surface area contributed by atoms with Crippen molar-refractivity contribution in [1.82, 2.24) is 10.2 Å². The molecule has 1 aliphatic heterocycles. The minimum atomic E-state index is 0.826. The molecule has 90 valence electrons. The average molecular weight is 214 g/mol. The van der Waals surface area contributed by atoms with Crippen LogP contribution in [0.1, 0.15) is 32.1 Å². The molecule has 1 heterocycles. The Morgan fingerprint density at radius 3 is 2.60 bits per heavy atom. The van der Waals surface area contributed by atoms with Crippen molar-refractivity contribution >= 4 is 0 Å². The van der Waals surface area contributed by atoms with E-state index in [1.807, 2.05) is 0 Å². The van der Waals surface area contributed by atoms with Crippen molar-refractivity contribution < 1.29 is 4.74 Å². The fourth-order valence-electron chi connectivity index (χ4n) is 2.07. The third kappa shape index (κ3) is 6.88. The van der Waals surface area contributed by atoms with Crippen LogP contribution in [0.25, 0.3) is 0 Å². The van der Waals surface area contributed by atoms with Gasteiger partial charge in [0.25, 0.3) is 0 Å². The fraction of sp³-hybridized carbons (Fsp3) is 1.00. The van der Waals surface area contributed by atoms with Gasteiger partial charge in [-0.3, -0.25) is 0 Å². The van der Waals surface area contributed by atoms with Gasteiger partial charge in [0.2, 0.25) is 0 Å². The van der Waals surface area contributed by atoms with Crippen LogP contribution in [0.3, 0.4) is 0 Å². The van der Waals surface area contributed by atoms with E-state index in [0.29, 0.717) is 0 Å². The standard InChI is InChI=1S/C12H26N2O/c1-15-12-8-13-7-3-6-11-14-9-4-2-5-10-14/h13H,2-12H2,1H3. The fourth-order valence-corrected chi connectivity index (χ4v) is 2.07. The molecule has 1 saturated heterocycles. The van der Waals surface area contributed by atoms with Crippen molar-refractivity contribution in [3.8, 4) is 0 Å². The second kappa shape index (κ2) is 9.13. The number of nitrogens with zero attached hydrogens (tertiary/aromatic N) is 1. The second-order valence-corrected chi connectivity index (χ2v) is 4.35. The summed E-state index contributed by atoms with van der Waals surface area (Å²) < 4.78 is 4.97. The maximum absolute atomic E-state index is 4.97. The number of piperidine rings is 1. The summed E-state index contributed by atoms with van der Waals surface area (Å²) in [5, 5.41) is 3.38. The lowest BCUT2D eigenvalue weighted by atomic mass is 10.1. The van der Waals surface area contributed by atoms with E-state index in [9.17, 15) is 0 Å². The second-order valence-electron chi connectivity index (χ2n) is 4.35. The first-order valence-electron chi connectivity index (χ1n) is 6.35. The highest BCUT2D eigenvalue weighted by atomic mass is 16.5. The molecule has 0 aromatic rings. The first-order valence-corrected chi connectivity index (χ1v) is 6.35. The van der Waals surface area contributed by atoms with Crippen molar-refractivity contribution in [2.75, 3.05) is 46.4 Å². The van der Waals surface area contributed by atoms with Crippen LogP contribution in [0.4, 0.5) is 0 Å². The van der Waals surface area contributed by atoms with Gasteiger partial charge in [-0.15, -0.1) is 0 Å². The van der Waals surface area contributed by atoms with Gasteiger partial charge in [0.05, 0.1) is 6.61 Å². The Morgan fingerprint density at radius 1 is 1.07 bits per heavy atom. The molecule has 0 bridgehead atoms. The highest BCUT2D eigenvalue weighted by Gasteiger charge is 2.08. The number of rotatable bonds is 8. The third-order valence-corrected chi connectivity index (χ3v) is 3.01. The summed E-state index contributed by atoms with van der Waals surface area (Å²) in [6.45, 7) is 6.91. The van der Waals surface area contributed by atoms with Crippen LogP contribution in [0.5, 0.6) is 0 Å². The molecule has 0 saturated carbocycles. The molecular formula is C12H26N2O. The smallest absolute Gasteiger partial charge is 0.0587 e. The van der Waals surface area contributed by atoms with Gasteiger partial charge in [0.15, 0.2) is 0 Å². The van der Waals surface area contributed by atoms with E-state index < -0.39 is 0 Å². The Hall–Kier alpha value is -0.120. The predicted octanol–water partition coefficient (Wildman–Crippen LogP) is 1.49. The summed E-state index contributed by atoms with van der Waals surface area (Å²) in [4.78, 5) is 2.61. The number of hydrogen-bond acceptors (Lipinski definition) is 3. The van der Waals surface area contributed by atoms with Gasteiger partial charge < -0.3 is 15.0 Å². The van der Waals surface area contributed by atoms with Gasteiger partial charge in [0.1, 0.15) is 0 Å². The summed E-state index contributed by atoms with van der Waals surface area (Å²) in [6.07, 6.45) is 6.88. The molecule has 0 radical (unpaired) electrons. The van der Waals surface area contributed by atoms with E-state index in [1.165, 1.54) is 51.7 Å². The predicted molar refractivity (Wildman–Crippen MR) is 64.3 cm³/mol. The van der Waals surface area contributed by atoms with E-state index in [-0.39, 0.29) is 0 Å². The number of nitrogens with one attached hydrogen (secondary N) is 1. The zero-order chi connectivity index (χ0) is 10.8. The summed E-state index contributed by atoms with van der Waals surface area (Å²) >= 11 is 0. The SMILES string of the molecule is COCCNCCCCN1CCCCC1. The zero-order valence-electron chi connectivity index (χ0n) is 10.1. The monoisotopic (exact) mass is 214 g/mol. The molecule has 1 N–H and O–H groups in total. The molecule has 1 fully saturated rings. The molecule has 0 aliphatic carbocycles. The average Bonchev–Trinajstić information content (AvgIpc) is 2.29. The number of hydrogen-bond donors (Lipinski definition) is 1. The summed E-state index contributed by atoms with van der Waals surface area (Å²) in [7, 11) is 1.75. The Labute approximate surface area is 94.2 Å². The summed E-state index contributed by atoms with van der Waals surface area (Å²) in [5.41, 5.74) is 0. The Kier molecular flexibility index (Phi) is 7.88. The van der Waals surface area contributed by atoms with Crippen LogP contribution in [0, 0.1) is 0 Å².